The fraction of sp³-hybridized carbons (Fsp3) is 0.400. The van der Waals surface area contributed by atoms with Crippen LogP contribution in [-0.4, -0.2) is 16.8 Å². The maximum atomic E-state index is 13.7. The highest BCUT2D eigenvalue weighted by molar-refractivity contribution is 5.32. The fourth-order valence-electron chi connectivity index (χ4n) is 2.33. The van der Waals surface area contributed by atoms with Gasteiger partial charge in [-0.3, -0.25) is 4.68 Å². The molecule has 0 aliphatic carbocycles. The molecule has 1 atom stereocenters. The van der Waals surface area contributed by atoms with E-state index >= 15 is 0 Å². The second-order valence-corrected chi connectivity index (χ2v) is 4.76. The first kappa shape index (κ1) is 13.7. The van der Waals surface area contributed by atoms with E-state index in [1.807, 2.05) is 36.9 Å². The van der Waals surface area contributed by atoms with Gasteiger partial charge in [-0.25, -0.2) is 4.39 Å². The first-order chi connectivity index (χ1) is 9.06. The van der Waals surface area contributed by atoms with Crippen LogP contribution in [0.15, 0.2) is 24.3 Å². The van der Waals surface area contributed by atoms with Crippen LogP contribution in [0.2, 0.25) is 0 Å². The van der Waals surface area contributed by atoms with Crippen LogP contribution in [0.4, 0.5) is 4.39 Å². The van der Waals surface area contributed by atoms with Crippen molar-refractivity contribution in [3.05, 3.63) is 52.6 Å². The maximum absolute atomic E-state index is 13.7. The van der Waals surface area contributed by atoms with Gasteiger partial charge in [-0.15, -0.1) is 0 Å². The number of benzene rings is 1. The second kappa shape index (κ2) is 5.53. The van der Waals surface area contributed by atoms with Crippen LogP contribution in [0.1, 0.15) is 35.5 Å². The van der Waals surface area contributed by atoms with Gasteiger partial charge in [-0.1, -0.05) is 12.1 Å². The van der Waals surface area contributed by atoms with E-state index in [1.54, 1.807) is 13.0 Å². The molecule has 0 saturated heterocycles. The van der Waals surface area contributed by atoms with Crippen molar-refractivity contribution in [1.29, 1.82) is 0 Å². The van der Waals surface area contributed by atoms with Gasteiger partial charge in [0, 0.05) is 6.54 Å². The molecule has 0 saturated carbocycles. The molecule has 0 bridgehead atoms. The molecule has 1 aromatic carbocycles. The van der Waals surface area contributed by atoms with E-state index in [0.717, 1.165) is 23.5 Å². The number of nitrogens with one attached hydrogen (secondary N) is 1. The number of halogens is 1. The van der Waals surface area contributed by atoms with Crippen molar-refractivity contribution in [3.63, 3.8) is 0 Å². The minimum Gasteiger partial charge on any atom is -0.308 e. The van der Waals surface area contributed by atoms with E-state index in [-0.39, 0.29) is 11.9 Å². The Hall–Kier alpha value is -1.68. The van der Waals surface area contributed by atoms with Crippen molar-refractivity contribution >= 4 is 0 Å². The standard InChI is InChI=1S/C15H20FN3/c1-5-19-14(8-11(3)18-19)15(17-4)12-7-6-10(2)13(16)9-12/h6-9,15,17H,5H2,1-4H3. The average molecular weight is 261 g/mol. The zero-order chi connectivity index (χ0) is 14.0. The highest BCUT2D eigenvalue weighted by atomic mass is 19.1. The minimum atomic E-state index is -0.169. The normalized spacial score (nSPS) is 12.7. The summed E-state index contributed by atoms with van der Waals surface area (Å²) in [6, 6.07) is 7.37. The molecular formula is C15H20FN3. The van der Waals surface area contributed by atoms with Crippen LogP contribution >= 0.6 is 0 Å². The van der Waals surface area contributed by atoms with Crippen LogP contribution in [-0.2, 0) is 6.54 Å². The van der Waals surface area contributed by atoms with Crippen LogP contribution in [0.3, 0.4) is 0 Å². The molecule has 3 nitrogen and oxygen atoms in total. The molecule has 0 radical (unpaired) electrons. The van der Waals surface area contributed by atoms with E-state index in [0.29, 0.717) is 5.56 Å². The van der Waals surface area contributed by atoms with Crippen LogP contribution < -0.4 is 5.32 Å². The number of hydrogen-bond donors (Lipinski definition) is 1. The first-order valence-electron chi connectivity index (χ1n) is 6.54. The molecule has 1 aromatic heterocycles. The Morgan fingerprint density at radius 1 is 1.32 bits per heavy atom. The summed E-state index contributed by atoms with van der Waals surface area (Å²) in [6.07, 6.45) is 0. The monoisotopic (exact) mass is 261 g/mol. The molecule has 2 rings (SSSR count). The molecule has 1 unspecified atom stereocenters. The van der Waals surface area contributed by atoms with Crippen molar-refractivity contribution < 1.29 is 4.39 Å². The first-order valence-corrected chi connectivity index (χ1v) is 6.54. The lowest BCUT2D eigenvalue weighted by Crippen LogP contribution is -2.21. The van der Waals surface area contributed by atoms with Crippen LogP contribution in [0.5, 0.6) is 0 Å². The third-order valence-corrected chi connectivity index (χ3v) is 3.35. The minimum absolute atomic E-state index is 0.0451. The van der Waals surface area contributed by atoms with Crippen LogP contribution in [0, 0.1) is 19.7 Å². The predicted molar refractivity (Wildman–Crippen MR) is 74.7 cm³/mol. The number of hydrogen-bond acceptors (Lipinski definition) is 2. The van der Waals surface area contributed by atoms with Crippen molar-refractivity contribution in [2.75, 3.05) is 7.05 Å². The number of nitrogens with zero attached hydrogens (tertiary/aromatic N) is 2. The molecule has 0 aliphatic rings. The highest BCUT2D eigenvalue weighted by Crippen LogP contribution is 2.24. The predicted octanol–water partition coefficient (Wildman–Crippen LogP) is 2.97. The van der Waals surface area contributed by atoms with Crippen molar-refractivity contribution in [3.8, 4) is 0 Å². The Kier molecular flexibility index (Phi) is 4.00. The summed E-state index contributed by atoms with van der Waals surface area (Å²) in [7, 11) is 1.88. The molecule has 102 valence electrons. The zero-order valence-corrected chi connectivity index (χ0v) is 11.9. The SMILES string of the molecule is CCn1nc(C)cc1C(NC)c1ccc(C)c(F)c1. The van der Waals surface area contributed by atoms with Gasteiger partial charge in [0.1, 0.15) is 5.82 Å². The van der Waals surface area contributed by atoms with E-state index < -0.39 is 0 Å². The van der Waals surface area contributed by atoms with Gasteiger partial charge >= 0.3 is 0 Å². The molecule has 0 fully saturated rings. The van der Waals surface area contributed by atoms with E-state index in [2.05, 4.69) is 17.3 Å². The van der Waals surface area contributed by atoms with Gasteiger partial charge in [0.25, 0.3) is 0 Å². The third-order valence-electron chi connectivity index (χ3n) is 3.35. The Morgan fingerprint density at radius 3 is 2.63 bits per heavy atom. The summed E-state index contributed by atoms with van der Waals surface area (Å²) in [5.41, 5.74) is 3.62. The van der Waals surface area contributed by atoms with Gasteiger partial charge in [-0.2, -0.15) is 5.10 Å². The van der Waals surface area contributed by atoms with Gasteiger partial charge in [0.15, 0.2) is 0 Å². The largest absolute Gasteiger partial charge is 0.308 e. The lowest BCUT2D eigenvalue weighted by Gasteiger charge is -2.18. The molecule has 1 N–H and O–H groups in total. The quantitative estimate of drug-likeness (QED) is 0.917. The molecule has 0 spiro atoms. The smallest absolute Gasteiger partial charge is 0.126 e. The maximum Gasteiger partial charge on any atom is 0.126 e. The lowest BCUT2D eigenvalue weighted by atomic mass is 10.0. The summed E-state index contributed by atoms with van der Waals surface area (Å²) in [5, 5.41) is 7.69. The highest BCUT2D eigenvalue weighted by Gasteiger charge is 2.18. The number of aromatic nitrogens is 2. The van der Waals surface area contributed by atoms with Crippen LogP contribution in [0.25, 0.3) is 0 Å². The number of aryl methyl sites for hydroxylation is 3. The number of rotatable bonds is 4. The summed E-state index contributed by atoms with van der Waals surface area (Å²) in [4.78, 5) is 0. The fourth-order valence-corrected chi connectivity index (χ4v) is 2.33. The van der Waals surface area contributed by atoms with E-state index in [4.69, 9.17) is 0 Å². The summed E-state index contributed by atoms with van der Waals surface area (Å²) in [6.45, 7) is 6.60. The Balaban J connectivity index is 2.46. The Labute approximate surface area is 113 Å². The molecule has 2 aromatic rings. The lowest BCUT2D eigenvalue weighted by molar-refractivity contribution is 0.556. The second-order valence-electron chi connectivity index (χ2n) is 4.76. The van der Waals surface area contributed by atoms with Gasteiger partial charge in [-0.05, 0) is 51.1 Å². The topological polar surface area (TPSA) is 29.9 Å². The van der Waals surface area contributed by atoms with Crippen molar-refractivity contribution in [1.82, 2.24) is 15.1 Å². The molecular weight excluding hydrogens is 241 g/mol. The van der Waals surface area contributed by atoms with Gasteiger partial charge in [0.05, 0.1) is 17.4 Å². The summed E-state index contributed by atoms with van der Waals surface area (Å²) < 4.78 is 15.7. The molecule has 4 heteroatoms. The van der Waals surface area contributed by atoms with Gasteiger partial charge < -0.3 is 5.32 Å². The third kappa shape index (κ3) is 2.68. The molecule has 0 aliphatic heterocycles. The van der Waals surface area contributed by atoms with Crippen molar-refractivity contribution in [2.24, 2.45) is 0 Å². The average Bonchev–Trinajstić information content (AvgIpc) is 2.76. The van der Waals surface area contributed by atoms with Gasteiger partial charge in [0.2, 0.25) is 0 Å². The Morgan fingerprint density at radius 2 is 2.05 bits per heavy atom. The zero-order valence-electron chi connectivity index (χ0n) is 11.9. The van der Waals surface area contributed by atoms with E-state index in [9.17, 15) is 4.39 Å². The molecule has 0 amide bonds. The van der Waals surface area contributed by atoms with E-state index in [1.165, 1.54) is 0 Å². The van der Waals surface area contributed by atoms with Crippen molar-refractivity contribution in [2.45, 2.75) is 33.4 Å². The summed E-state index contributed by atoms with van der Waals surface area (Å²) in [5.74, 6) is -0.169. The summed E-state index contributed by atoms with van der Waals surface area (Å²) >= 11 is 0. The molecule has 1 heterocycles. The Bertz CT molecular complexity index is 575. The molecule has 19 heavy (non-hydrogen) atoms.